The molecule has 0 amide bonds. The molecule has 2 atom stereocenters. The van der Waals surface area contributed by atoms with Crippen molar-refractivity contribution < 1.29 is 8.42 Å². The fourth-order valence-electron chi connectivity index (χ4n) is 2.54. The van der Waals surface area contributed by atoms with E-state index in [1.807, 2.05) is 0 Å². The second-order valence-corrected chi connectivity index (χ2v) is 8.32. The van der Waals surface area contributed by atoms with Crippen LogP contribution in [0.4, 0.5) is 0 Å². The van der Waals surface area contributed by atoms with E-state index in [0.717, 1.165) is 25.7 Å². The third-order valence-electron chi connectivity index (χ3n) is 3.57. The Morgan fingerprint density at radius 2 is 2.29 bits per heavy atom. The normalized spacial score (nSPS) is 22.9. The van der Waals surface area contributed by atoms with Crippen LogP contribution in [0.1, 0.15) is 31.4 Å². The average molecular weight is 346 g/mol. The molecule has 1 aromatic heterocycles. The molecule has 2 rings (SSSR count). The van der Waals surface area contributed by atoms with E-state index in [2.05, 4.69) is 16.0 Å². The molecule has 1 heterocycles. The summed E-state index contributed by atoms with van der Waals surface area (Å²) in [5.74, 6) is 0. The molecule has 1 aromatic rings. The van der Waals surface area contributed by atoms with Crippen molar-refractivity contribution in [2.45, 2.75) is 41.9 Å². The third kappa shape index (κ3) is 4.15. The highest BCUT2D eigenvalue weighted by molar-refractivity contribution is 7.99. The molecule has 1 aliphatic rings. The molecule has 0 aromatic carbocycles. The first-order valence-electron chi connectivity index (χ1n) is 6.74. The largest absolute Gasteiger partial charge is 0.388 e. The van der Waals surface area contributed by atoms with Gasteiger partial charge >= 0.3 is 0 Å². The molecular weight excluding hydrogens is 326 g/mol. The molecule has 1 aliphatic carbocycles. The van der Waals surface area contributed by atoms with Crippen LogP contribution in [0.3, 0.4) is 0 Å². The van der Waals surface area contributed by atoms with Crippen LogP contribution >= 0.6 is 24.0 Å². The molecule has 3 N–H and O–H groups in total. The van der Waals surface area contributed by atoms with Gasteiger partial charge in [-0.3, -0.25) is 4.98 Å². The zero-order chi connectivity index (χ0) is 15.5. The quantitative estimate of drug-likeness (QED) is 0.790. The number of sulfonamides is 1. The zero-order valence-electron chi connectivity index (χ0n) is 11.8. The van der Waals surface area contributed by atoms with Gasteiger partial charge < -0.3 is 5.73 Å². The van der Waals surface area contributed by atoms with Crippen LogP contribution in [0.2, 0.25) is 0 Å². The fourth-order valence-corrected chi connectivity index (χ4v) is 5.05. The van der Waals surface area contributed by atoms with Crippen molar-refractivity contribution in [2.75, 3.05) is 6.26 Å². The number of pyridine rings is 1. The molecular formula is C13H19N3O2S3. The van der Waals surface area contributed by atoms with Crippen LogP contribution in [0.15, 0.2) is 23.2 Å². The highest BCUT2D eigenvalue weighted by atomic mass is 32.2. The van der Waals surface area contributed by atoms with Crippen molar-refractivity contribution in [1.82, 2.24) is 9.71 Å². The lowest BCUT2D eigenvalue weighted by Gasteiger charge is -2.28. The maximum Gasteiger partial charge on any atom is 0.243 e. The third-order valence-corrected chi connectivity index (χ3v) is 6.42. The topological polar surface area (TPSA) is 85.1 Å². The first-order valence-corrected chi connectivity index (χ1v) is 9.92. The molecule has 21 heavy (non-hydrogen) atoms. The summed E-state index contributed by atoms with van der Waals surface area (Å²) in [6.45, 7) is 0. The Balaban J connectivity index is 2.21. The van der Waals surface area contributed by atoms with Crippen molar-refractivity contribution in [1.29, 1.82) is 0 Å². The Hall–Kier alpha value is -0.700. The Labute approximate surface area is 135 Å². The van der Waals surface area contributed by atoms with E-state index >= 15 is 0 Å². The molecule has 1 fully saturated rings. The van der Waals surface area contributed by atoms with Gasteiger partial charge in [0.15, 0.2) is 0 Å². The minimum atomic E-state index is -3.66. The van der Waals surface area contributed by atoms with E-state index in [1.165, 1.54) is 12.3 Å². The predicted molar refractivity (Wildman–Crippen MR) is 90.0 cm³/mol. The number of nitrogens with one attached hydrogen (secondary N) is 1. The van der Waals surface area contributed by atoms with Gasteiger partial charge in [0.05, 0.1) is 0 Å². The minimum absolute atomic E-state index is 0.0124. The molecule has 8 heteroatoms. The highest BCUT2D eigenvalue weighted by Gasteiger charge is 2.28. The number of rotatable bonds is 5. The van der Waals surface area contributed by atoms with Gasteiger partial charge in [-0.2, -0.15) is 11.8 Å². The lowest BCUT2D eigenvalue weighted by atomic mass is 9.96. The van der Waals surface area contributed by atoms with Gasteiger partial charge in [-0.05, 0) is 37.7 Å². The first kappa shape index (κ1) is 16.7. The van der Waals surface area contributed by atoms with Gasteiger partial charge in [-0.1, -0.05) is 18.6 Å². The van der Waals surface area contributed by atoms with Crippen molar-refractivity contribution in [2.24, 2.45) is 5.73 Å². The van der Waals surface area contributed by atoms with Crippen LogP contribution in [0, 0.1) is 0 Å². The first-order chi connectivity index (χ1) is 9.94. The number of aromatic nitrogens is 1. The number of hydrogen-bond donors (Lipinski definition) is 2. The molecule has 116 valence electrons. The molecule has 0 saturated heterocycles. The molecule has 1 saturated carbocycles. The monoisotopic (exact) mass is 345 g/mol. The predicted octanol–water partition coefficient (Wildman–Crippen LogP) is 1.67. The SMILES string of the molecule is CSC1CCCC(NS(=O)(=O)c2cccnc2C(N)=S)C1. The zero-order valence-corrected chi connectivity index (χ0v) is 14.2. The highest BCUT2D eigenvalue weighted by Crippen LogP contribution is 2.28. The Kier molecular flexibility index (Phi) is 5.59. The Morgan fingerprint density at radius 1 is 1.52 bits per heavy atom. The van der Waals surface area contributed by atoms with Crippen LogP contribution in [-0.2, 0) is 10.0 Å². The van der Waals surface area contributed by atoms with Crippen molar-refractivity contribution in [3.63, 3.8) is 0 Å². The number of thioether (sulfide) groups is 1. The standard InChI is InChI=1S/C13H19N3O2S3/c1-20-10-5-2-4-9(8-10)16-21(17,18)11-6-3-7-15-12(11)13(14)19/h3,6-7,9-10,16H,2,4-5,8H2,1H3,(H2,14,19). The van der Waals surface area contributed by atoms with Crippen LogP contribution in [0.5, 0.6) is 0 Å². The summed E-state index contributed by atoms with van der Waals surface area (Å²) in [5, 5.41) is 0.510. The summed E-state index contributed by atoms with van der Waals surface area (Å²) in [6.07, 6.45) is 7.44. The smallest absolute Gasteiger partial charge is 0.243 e. The molecule has 0 spiro atoms. The second kappa shape index (κ2) is 7.04. The van der Waals surface area contributed by atoms with Gasteiger partial charge in [0, 0.05) is 17.5 Å². The van der Waals surface area contributed by atoms with Crippen molar-refractivity contribution >= 4 is 39.0 Å². The number of nitrogens with zero attached hydrogens (tertiary/aromatic N) is 1. The second-order valence-electron chi connectivity index (χ2n) is 5.06. The summed E-state index contributed by atoms with van der Waals surface area (Å²) in [6, 6.07) is 3.02. The summed E-state index contributed by atoms with van der Waals surface area (Å²) in [7, 11) is -3.66. The Morgan fingerprint density at radius 3 is 2.95 bits per heavy atom. The van der Waals surface area contributed by atoms with Gasteiger partial charge in [-0.15, -0.1) is 0 Å². The molecule has 0 aliphatic heterocycles. The van der Waals surface area contributed by atoms with E-state index in [0.29, 0.717) is 5.25 Å². The fraction of sp³-hybridized carbons (Fsp3) is 0.538. The molecule has 0 bridgehead atoms. The molecule has 2 unspecified atom stereocenters. The Bertz CT molecular complexity index is 619. The molecule has 0 radical (unpaired) electrons. The number of hydrogen-bond acceptors (Lipinski definition) is 5. The van der Waals surface area contributed by atoms with Gasteiger partial charge in [0.2, 0.25) is 10.0 Å². The van der Waals surface area contributed by atoms with Gasteiger partial charge in [0.1, 0.15) is 15.6 Å². The summed E-state index contributed by atoms with van der Waals surface area (Å²) >= 11 is 6.67. The van der Waals surface area contributed by atoms with Crippen LogP contribution < -0.4 is 10.5 Å². The van der Waals surface area contributed by atoms with E-state index in [-0.39, 0.29) is 21.6 Å². The summed E-state index contributed by atoms with van der Waals surface area (Å²) < 4.78 is 27.9. The number of thiocarbonyl (C=S) groups is 1. The average Bonchev–Trinajstić information content (AvgIpc) is 2.47. The van der Waals surface area contributed by atoms with E-state index in [1.54, 1.807) is 17.8 Å². The van der Waals surface area contributed by atoms with Gasteiger partial charge in [-0.25, -0.2) is 13.1 Å². The lowest BCUT2D eigenvalue weighted by molar-refractivity contribution is 0.420. The maximum absolute atomic E-state index is 12.5. The number of nitrogens with two attached hydrogens (primary N) is 1. The van der Waals surface area contributed by atoms with Gasteiger partial charge in [0.25, 0.3) is 0 Å². The van der Waals surface area contributed by atoms with Crippen LogP contribution in [0.25, 0.3) is 0 Å². The van der Waals surface area contributed by atoms with Crippen molar-refractivity contribution in [3.05, 3.63) is 24.0 Å². The molecule has 5 nitrogen and oxygen atoms in total. The van der Waals surface area contributed by atoms with E-state index in [9.17, 15) is 8.42 Å². The van der Waals surface area contributed by atoms with Crippen LogP contribution in [-0.4, -0.2) is 35.9 Å². The lowest BCUT2D eigenvalue weighted by Crippen LogP contribution is -2.39. The summed E-state index contributed by atoms with van der Waals surface area (Å²) in [4.78, 5) is 4.03. The van der Waals surface area contributed by atoms with E-state index in [4.69, 9.17) is 18.0 Å². The van der Waals surface area contributed by atoms with E-state index < -0.39 is 10.0 Å². The van der Waals surface area contributed by atoms with Crippen molar-refractivity contribution in [3.8, 4) is 0 Å². The summed E-state index contributed by atoms with van der Waals surface area (Å²) in [5.41, 5.74) is 5.71. The maximum atomic E-state index is 12.5. The minimum Gasteiger partial charge on any atom is -0.388 e.